The van der Waals surface area contributed by atoms with E-state index in [0.717, 1.165) is 24.3 Å². The van der Waals surface area contributed by atoms with E-state index in [1.807, 2.05) is 6.92 Å². The zero-order chi connectivity index (χ0) is 9.97. The lowest BCUT2D eigenvalue weighted by molar-refractivity contribution is 0.266. The van der Waals surface area contributed by atoms with Gasteiger partial charge in [-0.2, -0.15) is 0 Å². The van der Waals surface area contributed by atoms with Crippen LogP contribution < -0.4 is 5.32 Å². The van der Waals surface area contributed by atoms with Crippen LogP contribution in [0.25, 0.3) is 0 Å². The molecule has 1 heteroatoms. The average Bonchev–Trinajstić information content (AvgIpc) is 2.79. The van der Waals surface area contributed by atoms with Crippen molar-refractivity contribution in [3.8, 4) is 11.8 Å². The topological polar surface area (TPSA) is 12.0 Å². The van der Waals surface area contributed by atoms with Crippen LogP contribution in [0.2, 0.25) is 0 Å². The first-order valence-corrected chi connectivity index (χ1v) is 5.94. The van der Waals surface area contributed by atoms with Gasteiger partial charge in [0, 0.05) is 6.04 Å². The Morgan fingerprint density at radius 1 is 1.36 bits per heavy atom. The summed E-state index contributed by atoms with van der Waals surface area (Å²) in [6.07, 6.45) is 5.97. The molecule has 0 aromatic carbocycles. The smallest absolute Gasteiger partial charge is 0.0578 e. The van der Waals surface area contributed by atoms with Crippen molar-refractivity contribution < 1.29 is 0 Å². The van der Waals surface area contributed by atoms with Crippen LogP contribution in [0, 0.1) is 29.6 Å². The quantitative estimate of drug-likeness (QED) is 0.676. The van der Waals surface area contributed by atoms with Gasteiger partial charge >= 0.3 is 0 Å². The summed E-state index contributed by atoms with van der Waals surface area (Å²) >= 11 is 0. The molecule has 2 rings (SSSR count). The van der Waals surface area contributed by atoms with E-state index in [1.54, 1.807) is 0 Å². The highest BCUT2D eigenvalue weighted by molar-refractivity contribution is 4.99. The second-order valence-electron chi connectivity index (χ2n) is 4.94. The minimum Gasteiger partial charge on any atom is -0.303 e. The van der Waals surface area contributed by atoms with Gasteiger partial charge in [0.2, 0.25) is 0 Å². The fourth-order valence-corrected chi connectivity index (χ4v) is 3.36. The minimum absolute atomic E-state index is 0.672. The maximum atomic E-state index is 3.54. The predicted octanol–water partition coefficient (Wildman–Crippen LogP) is 2.42. The van der Waals surface area contributed by atoms with Gasteiger partial charge in [-0.25, -0.2) is 0 Å². The molecule has 0 radical (unpaired) electrons. The van der Waals surface area contributed by atoms with Crippen LogP contribution in [-0.2, 0) is 0 Å². The van der Waals surface area contributed by atoms with Crippen molar-refractivity contribution in [3.05, 3.63) is 0 Å². The normalized spacial score (nSPS) is 36.6. The fourth-order valence-electron chi connectivity index (χ4n) is 3.36. The second kappa shape index (κ2) is 4.36. The lowest BCUT2D eigenvalue weighted by Gasteiger charge is -2.28. The Balaban J connectivity index is 1.79. The summed E-state index contributed by atoms with van der Waals surface area (Å²) in [6.45, 7) is 5.11. The maximum Gasteiger partial charge on any atom is 0.0578 e. The van der Waals surface area contributed by atoms with E-state index in [1.165, 1.54) is 25.7 Å². The third-order valence-corrected chi connectivity index (χ3v) is 4.12. The molecule has 4 atom stereocenters. The van der Waals surface area contributed by atoms with E-state index < -0.39 is 0 Å². The van der Waals surface area contributed by atoms with Crippen molar-refractivity contribution in [2.45, 2.75) is 45.6 Å². The number of hydrogen-bond donors (Lipinski definition) is 1. The zero-order valence-electron chi connectivity index (χ0n) is 9.34. The monoisotopic (exact) mass is 191 g/mol. The van der Waals surface area contributed by atoms with Crippen LogP contribution in [0.3, 0.4) is 0 Å². The van der Waals surface area contributed by atoms with Gasteiger partial charge in [-0.1, -0.05) is 12.3 Å². The third kappa shape index (κ3) is 1.96. The van der Waals surface area contributed by atoms with E-state index in [4.69, 9.17) is 0 Å². The molecule has 0 aliphatic heterocycles. The van der Waals surface area contributed by atoms with Crippen molar-refractivity contribution in [3.63, 3.8) is 0 Å². The van der Waals surface area contributed by atoms with E-state index >= 15 is 0 Å². The van der Waals surface area contributed by atoms with Crippen molar-refractivity contribution in [1.82, 2.24) is 5.32 Å². The molecule has 0 amide bonds. The number of rotatable bonds is 3. The third-order valence-electron chi connectivity index (χ3n) is 4.12. The van der Waals surface area contributed by atoms with Crippen molar-refractivity contribution >= 4 is 0 Å². The Hall–Kier alpha value is -0.480. The Kier molecular flexibility index (Phi) is 3.13. The van der Waals surface area contributed by atoms with Gasteiger partial charge in [-0.15, -0.1) is 5.92 Å². The molecule has 2 fully saturated rings. The van der Waals surface area contributed by atoms with Gasteiger partial charge < -0.3 is 5.32 Å². The molecule has 2 aliphatic rings. The second-order valence-corrected chi connectivity index (χ2v) is 4.94. The van der Waals surface area contributed by atoms with Crippen LogP contribution in [0.15, 0.2) is 0 Å². The molecule has 14 heavy (non-hydrogen) atoms. The van der Waals surface area contributed by atoms with Crippen LogP contribution in [0.5, 0.6) is 0 Å². The molecule has 0 aromatic rings. The van der Waals surface area contributed by atoms with E-state index in [9.17, 15) is 0 Å². The number of hydrogen-bond acceptors (Lipinski definition) is 1. The lowest BCUT2D eigenvalue weighted by atomic mass is 9.84. The first kappa shape index (κ1) is 10.1. The lowest BCUT2D eigenvalue weighted by Crippen LogP contribution is -2.36. The minimum atomic E-state index is 0.672. The molecule has 2 bridgehead atoms. The van der Waals surface area contributed by atoms with Crippen molar-refractivity contribution in [1.29, 1.82) is 0 Å². The summed E-state index contributed by atoms with van der Waals surface area (Å²) in [5.41, 5.74) is 0. The van der Waals surface area contributed by atoms with E-state index in [0.29, 0.717) is 6.04 Å². The molecule has 1 N–H and O–H groups in total. The Morgan fingerprint density at radius 2 is 2.21 bits per heavy atom. The summed E-state index contributed by atoms with van der Waals surface area (Å²) < 4.78 is 0. The highest BCUT2D eigenvalue weighted by atomic mass is 14.9. The molecule has 78 valence electrons. The predicted molar refractivity (Wildman–Crippen MR) is 59.9 cm³/mol. The zero-order valence-corrected chi connectivity index (χ0v) is 9.34. The van der Waals surface area contributed by atoms with Crippen LogP contribution in [0.1, 0.15) is 39.5 Å². The molecular formula is C13H21N. The Bertz CT molecular complexity index is 248. The Labute approximate surface area is 87.7 Å². The van der Waals surface area contributed by atoms with Gasteiger partial charge in [0.25, 0.3) is 0 Å². The summed E-state index contributed by atoms with van der Waals surface area (Å²) in [4.78, 5) is 0. The molecular weight excluding hydrogens is 170 g/mol. The fraction of sp³-hybridized carbons (Fsp3) is 0.846. The van der Waals surface area contributed by atoms with Gasteiger partial charge in [0.1, 0.15) is 0 Å². The summed E-state index contributed by atoms with van der Waals surface area (Å²) in [6, 6.07) is 0.672. The molecule has 2 saturated carbocycles. The SMILES string of the molecule is CC#CCNC(C)C1CC2CCC1C2. The average molecular weight is 191 g/mol. The van der Waals surface area contributed by atoms with Crippen LogP contribution in [-0.4, -0.2) is 12.6 Å². The summed E-state index contributed by atoms with van der Waals surface area (Å²) in [5.74, 6) is 9.04. The first-order valence-electron chi connectivity index (χ1n) is 5.94. The standard InChI is InChI=1S/C13H21N/c1-3-4-7-14-10(2)13-9-11-5-6-12(13)8-11/h10-14H,5-9H2,1-2H3. The van der Waals surface area contributed by atoms with Gasteiger partial charge in [0.05, 0.1) is 6.54 Å². The molecule has 2 aliphatic carbocycles. The van der Waals surface area contributed by atoms with Gasteiger partial charge in [-0.3, -0.25) is 0 Å². The van der Waals surface area contributed by atoms with Gasteiger partial charge in [0.15, 0.2) is 0 Å². The highest BCUT2D eigenvalue weighted by Crippen LogP contribution is 2.49. The van der Waals surface area contributed by atoms with Crippen molar-refractivity contribution in [2.24, 2.45) is 17.8 Å². The van der Waals surface area contributed by atoms with E-state index in [-0.39, 0.29) is 0 Å². The molecule has 0 aromatic heterocycles. The van der Waals surface area contributed by atoms with Crippen LogP contribution >= 0.6 is 0 Å². The molecule has 0 heterocycles. The van der Waals surface area contributed by atoms with Crippen LogP contribution in [0.4, 0.5) is 0 Å². The molecule has 1 nitrogen and oxygen atoms in total. The van der Waals surface area contributed by atoms with E-state index in [2.05, 4.69) is 24.1 Å². The first-order chi connectivity index (χ1) is 6.81. The number of nitrogens with one attached hydrogen (secondary N) is 1. The maximum absolute atomic E-state index is 3.54. The van der Waals surface area contributed by atoms with Crippen molar-refractivity contribution in [2.75, 3.05) is 6.54 Å². The summed E-state index contributed by atoms with van der Waals surface area (Å²) in [5, 5.41) is 3.54. The summed E-state index contributed by atoms with van der Waals surface area (Å²) in [7, 11) is 0. The highest BCUT2D eigenvalue weighted by Gasteiger charge is 2.41. The van der Waals surface area contributed by atoms with Gasteiger partial charge in [-0.05, 0) is 50.9 Å². The Morgan fingerprint density at radius 3 is 2.79 bits per heavy atom. The molecule has 0 spiro atoms. The molecule has 4 unspecified atom stereocenters. The molecule has 0 saturated heterocycles. The largest absolute Gasteiger partial charge is 0.303 e. The number of fused-ring (bicyclic) bond motifs is 2.